The van der Waals surface area contributed by atoms with Gasteiger partial charge in [-0.05, 0) is 30.5 Å². The minimum Gasteiger partial charge on any atom is -0.491 e. The van der Waals surface area contributed by atoms with Crippen LogP contribution in [0.15, 0.2) is 18.2 Å². The first-order chi connectivity index (χ1) is 9.38. The van der Waals surface area contributed by atoms with Gasteiger partial charge < -0.3 is 10.5 Å². The monoisotopic (exact) mass is 289 g/mol. The lowest BCUT2D eigenvalue weighted by molar-refractivity contribution is -0.137. The molecule has 1 aromatic carbocycles. The van der Waals surface area contributed by atoms with E-state index in [0.717, 1.165) is 37.8 Å². The second-order valence-corrected chi connectivity index (χ2v) is 4.98. The van der Waals surface area contributed by atoms with Crippen molar-refractivity contribution in [1.29, 1.82) is 0 Å². The van der Waals surface area contributed by atoms with Gasteiger partial charge in [0.25, 0.3) is 0 Å². The van der Waals surface area contributed by atoms with Crippen LogP contribution in [0.4, 0.5) is 18.9 Å². The van der Waals surface area contributed by atoms with Crippen LogP contribution in [0.3, 0.4) is 0 Å². The molecular formula is C15H22F3NO. The highest BCUT2D eigenvalue weighted by molar-refractivity contribution is 5.54. The lowest BCUT2D eigenvalue weighted by atomic mass is 10.0. The van der Waals surface area contributed by atoms with Gasteiger partial charge in [0.2, 0.25) is 0 Å². The first-order valence-electron chi connectivity index (χ1n) is 6.98. The predicted molar refractivity (Wildman–Crippen MR) is 74.7 cm³/mol. The summed E-state index contributed by atoms with van der Waals surface area (Å²) in [6, 6.07) is 3.21. The van der Waals surface area contributed by atoms with Crippen LogP contribution in [-0.2, 0) is 6.18 Å². The molecule has 0 spiro atoms. The molecule has 0 saturated heterocycles. The standard InChI is InChI=1S/C15H22F3NO/c1-3-5-6-11(4-2)10-20-14-8-7-12(9-13(14)19)15(16,17)18/h7-9,11H,3-6,10,19H2,1-2H3. The van der Waals surface area contributed by atoms with Crippen molar-refractivity contribution in [3.8, 4) is 5.75 Å². The fraction of sp³-hybridized carbons (Fsp3) is 0.600. The Bertz CT molecular complexity index is 418. The fourth-order valence-corrected chi connectivity index (χ4v) is 1.96. The summed E-state index contributed by atoms with van der Waals surface area (Å²) >= 11 is 0. The molecule has 0 aromatic heterocycles. The predicted octanol–water partition coefficient (Wildman–Crippen LogP) is 4.88. The molecule has 1 rings (SSSR count). The van der Waals surface area contributed by atoms with E-state index in [1.807, 2.05) is 0 Å². The van der Waals surface area contributed by atoms with Gasteiger partial charge in [0.1, 0.15) is 5.75 Å². The summed E-state index contributed by atoms with van der Waals surface area (Å²) in [6.45, 7) is 4.70. The second kappa shape index (κ2) is 7.41. The van der Waals surface area contributed by atoms with Crippen LogP contribution in [0, 0.1) is 5.92 Å². The summed E-state index contributed by atoms with van der Waals surface area (Å²) in [6.07, 6.45) is -0.0723. The van der Waals surface area contributed by atoms with Gasteiger partial charge in [-0.1, -0.05) is 33.1 Å². The van der Waals surface area contributed by atoms with E-state index in [1.54, 1.807) is 0 Å². The number of benzene rings is 1. The maximum atomic E-state index is 12.5. The van der Waals surface area contributed by atoms with E-state index in [9.17, 15) is 13.2 Å². The lowest BCUT2D eigenvalue weighted by Gasteiger charge is -2.17. The van der Waals surface area contributed by atoms with Crippen LogP contribution < -0.4 is 10.5 Å². The molecule has 0 fully saturated rings. The first kappa shape index (κ1) is 16.7. The number of ether oxygens (including phenoxy) is 1. The lowest BCUT2D eigenvalue weighted by Crippen LogP contribution is -2.13. The van der Waals surface area contributed by atoms with Gasteiger partial charge in [-0.25, -0.2) is 0 Å². The summed E-state index contributed by atoms with van der Waals surface area (Å²) in [7, 11) is 0. The van der Waals surface area contributed by atoms with Gasteiger partial charge >= 0.3 is 6.18 Å². The summed E-state index contributed by atoms with van der Waals surface area (Å²) in [5.74, 6) is 0.740. The maximum absolute atomic E-state index is 12.5. The van der Waals surface area contributed by atoms with Crippen LogP contribution in [0.1, 0.15) is 45.1 Å². The smallest absolute Gasteiger partial charge is 0.416 e. The highest BCUT2D eigenvalue weighted by atomic mass is 19.4. The van der Waals surface area contributed by atoms with Crippen LogP contribution in [0.5, 0.6) is 5.75 Å². The summed E-state index contributed by atoms with van der Waals surface area (Å²) in [5, 5.41) is 0. The van der Waals surface area contributed by atoms with Crippen molar-refractivity contribution in [1.82, 2.24) is 0 Å². The Labute approximate surface area is 118 Å². The second-order valence-electron chi connectivity index (χ2n) is 4.98. The largest absolute Gasteiger partial charge is 0.491 e. The average molecular weight is 289 g/mol. The van der Waals surface area contributed by atoms with Crippen LogP contribution in [-0.4, -0.2) is 6.61 Å². The highest BCUT2D eigenvalue weighted by Gasteiger charge is 2.30. The number of hydrogen-bond donors (Lipinski definition) is 1. The number of nitrogens with two attached hydrogens (primary N) is 1. The van der Waals surface area contributed by atoms with Crippen molar-refractivity contribution < 1.29 is 17.9 Å². The van der Waals surface area contributed by atoms with Crippen molar-refractivity contribution in [2.75, 3.05) is 12.3 Å². The molecule has 1 unspecified atom stereocenters. The molecule has 0 saturated carbocycles. The van der Waals surface area contributed by atoms with Crippen LogP contribution in [0.25, 0.3) is 0 Å². The number of halogens is 3. The molecule has 2 N–H and O–H groups in total. The Morgan fingerprint density at radius 3 is 2.45 bits per heavy atom. The Morgan fingerprint density at radius 2 is 1.95 bits per heavy atom. The van der Waals surface area contributed by atoms with Gasteiger partial charge in [0, 0.05) is 0 Å². The quantitative estimate of drug-likeness (QED) is 0.726. The van der Waals surface area contributed by atoms with Crippen molar-refractivity contribution in [2.24, 2.45) is 5.92 Å². The van der Waals surface area contributed by atoms with Gasteiger partial charge in [-0.15, -0.1) is 0 Å². The molecule has 0 bridgehead atoms. The molecule has 114 valence electrons. The third-order valence-corrected chi connectivity index (χ3v) is 3.35. The van der Waals surface area contributed by atoms with Crippen molar-refractivity contribution in [2.45, 2.75) is 45.7 Å². The topological polar surface area (TPSA) is 35.2 Å². The molecule has 0 aliphatic heterocycles. The van der Waals surface area contributed by atoms with Crippen LogP contribution >= 0.6 is 0 Å². The van der Waals surface area contributed by atoms with E-state index in [2.05, 4.69) is 13.8 Å². The zero-order valence-corrected chi connectivity index (χ0v) is 12.0. The number of unbranched alkanes of at least 4 members (excludes halogenated alkanes) is 1. The van der Waals surface area contributed by atoms with E-state index in [1.165, 1.54) is 6.07 Å². The van der Waals surface area contributed by atoms with E-state index in [0.29, 0.717) is 18.3 Å². The summed E-state index contributed by atoms with van der Waals surface area (Å²) in [4.78, 5) is 0. The van der Waals surface area contributed by atoms with Gasteiger partial charge in [-0.2, -0.15) is 13.2 Å². The van der Waals surface area contributed by atoms with E-state index in [-0.39, 0.29) is 5.69 Å². The number of alkyl halides is 3. The highest BCUT2D eigenvalue weighted by Crippen LogP contribution is 2.33. The van der Waals surface area contributed by atoms with Crippen molar-refractivity contribution >= 4 is 5.69 Å². The average Bonchev–Trinajstić information content (AvgIpc) is 2.39. The summed E-state index contributed by atoms with van der Waals surface area (Å²) in [5.41, 5.74) is 4.90. The number of anilines is 1. The summed E-state index contributed by atoms with van der Waals surface area (Å²) < 4.78 is 43.1. The van der Waals surface area contributed by atoms with E-state index >= 15 is 0 Å². The van der Waals surface area contributed by atoms with Crippen molar-refractivity contribution in [3.63, 3.8) is 0 Å². The molecule has 2 nitrogen and oxygen atoms in total. The van der Waals surface area contributed by atoms with Crippen molar-refractivity contribution in [3.05, 3.63) is 23.8 Å². The minimum atomic E-state index is -4.38. The zero-order chi connectivity index (χ0) is 15.2. The zero-order valence-electron chi connectivity index (χ0n) is 12.0. The molecule has 0 amide bonds. The Balaban J connectivity index is 2.64. The first-order valence-corrected chi connectivity index (χ1v) is 6.98. The molecule has 20 heavy (non-hydrogen) atoms. The van der Waals surface area contributed by atoms with Gasteiger partial charge in [0.15, 0.2) is 0 Å². The third kappa shape index (κ3) is 4.94. The normalized spacial score (nSPS) is 13.2. The molecule has 0 heterocycles. The molecule has 5 heteroatoms. The van der Waals surface area contributed by atoms with Gasteiger partial charge in [0.05, 0.1) is 17.9 Å². The molecule has 0 aliphatic carbocycles. The van der Waals surface area contributed by atoms with E-state index in [4.69, 9.17) is 10.5 Å². The molecular weight excluding hydrogens is 267 g/mol. The molecule has 0 radical (unpaired) electrons. The number of nitrogen functional groups attached to an aromatic ring is 1. The molecule has 1 atom stereocenters. The van der Waals surface area contributed by atoms with Gasteiger partial charge in [-0.3, -0.25) is 0 Å². The molecule has 0 aliphatic rings. The molecule has 1 aromatic rings. The minimum absolute atomic E-state index is 0.0326. The Kier molecular flexibility index (Phi) is 6.17. The van der Waals surface area contributed by atoms with E-state index < -0.39 is 11.7 Å². The Morgan fingerprint density at radius 1 is 1.25 bits per heavy atom. The maximum Gasteiger partial charge on any atom is 0.416 e. The number of hydrogen-bond acceptors (Lipinski definition) is 2. The van der Waals surface area contributed by atoms with Crippen LogP contribution in [0.2, 0.25) is 0 Å². The number of rotatable bonds is 7. The Hall–Kier alpha value is -1.39. The third-order valence-electron chi connectivity index (χ3n) is 3.35. The SMILES string of the molecule is CCCCC(CC)COc1ccc(C(F)(F)F)cc1N. The fourth-order valence-electron chi connectivity index (χ4n) is 1.96.